The molecule has 1 amide bonds. The van der Waals surface area contributed by atoms with Crippen molar-refractivity contribution in [2.24, 2.45) is 0 Å². The summed E-state index contributed by atoms with van der Waals surface area (Å²) in [6, 6.07) is 6.59. The van der Waals surface area contributed by atoms with E-state index >= 15 is 0 Å². The van der Waals surface area contributed by atoms with E-state index in [4.69, 9.17) is 16.0 Å². The van der Waals surface area contributed by atoms with Crippen LogP contribution in [0, 0.1) is 0 Å². The summed E-state index contributed by atoms with van der Waals surface area (Å²) in [5, 5.41) is 10.1. The predicted molar refractivity (Wildman–Crippen MR) is 63.4 cm³/mol. The number of hydrogen-bond acceptors (Lipinski definition) is 4. The van der Waals surface area contributed by atoms with Crippen LogP contribution in [0.2, 0.25) is 5.15 Å². The lowest BCUT2D eigenvalue weighted by Crippen LogP contribution is -2.09. The summed E-state index contributed by atoms with van der Waals surface area (Å²) in [7, 11) is 0. The van der Waals surface area contributed by atoms with Crippen LogP contribution in [0.1, 0.15) is 5.76 Å². The molecule has 0 spiro atoms. The highest BCUT2D eigenvalue weighted by molar-refractivity contribution is 6.29. The molecule has 2 rings (SSSR count). The Balaban J connectivity index is 1.95. The lowest BCUT2D eigenvalue weighted by Gasteiger charge is -1.98. The zero-order chi connectivity index (χ0) is 12.1. The summed E-state index contributed by atoms with van der Waals surface area (Å²) < 4.78 is 5.04. The normalized spacial score (nSPS) is 10.6. The molecule has 0 radical (unpaired) electrons. The van der Waals surface area contributed by atoms with Crippen molar-refractivity contribution < 1.29 is 9.21 Å². The number of amides is 1. The van der Waals surface area contributed by atoms with Crippen molar-refractivity contribution in [1.29, 1.82) is 0 Å². The van der Waals surface area contributed by atoms with Crippen LogP contribution in [-0.2, 0) is 4.79 Å². The smallest absolute Gasteiger partial charge is 0.249 e. The highest BCUT2D eigenvalue weighted by Gasteiger charge is 2.00. The number of halogens is 1. The molecule has 0 aliphatic carbocycles. The van der Waals surface area contributed by atoms with Gasteiger partial charge in [0.25, 0.3) is 0 Å². The standard InChI is InChI=1S/C11H8ClN3O2/c12-9-4-5-10(15-14-9)13-11(16)6-3-8-2-1-7-17-8/h1-7H,(H,13,15,16)/b6-3+. The van der Waals surface area contributed by atoms with Gasteiger partial charge in [-0.3, -0.25) is 4.79 Å². The molecule has 0 aliphatic rings. The lowest BCUT2D eigenvalue weighted by atomic mass is 10.4. The number of aromatic nitrogens is 2. The van der Waals surface area contributed by atoms with Crippen molar-refractivity contribution in [2.75, 3.05) is 5.32 Å². The third-order valence-corrected chi connectivity index (χ3v) is 2.03. The van der Waals surface area contributed by atoms with Crippen LogP contribution >= 0.6 is 11.6 Å². The first-order chi connectivity index (χ1) is 8.24. The predicted octanol–water partition coefficient (Wildman–Crippen LogP) is 2.37. The minimum atomic E-state index is -0.321. The first-order valence-corrected chi connectivity index (χ1v) is 5.13. The number of nitrogens with one attached hydrogen (secondary N) is 1. The van der Waals surface area contributed by atoms with Crippen molar-refractivity contribution in [2.45, 2.75) is 0 Å². The van der Waals surface area contributed by atoms with E-state index in [1.54, 1.807) is 30.3 Å². The second kappa shape index (κ2) is 5.27. The van der Waals surface area contributed by atoms with Crippen molar-refractivity contribution in [3.63, 3.8) is 0 Å². The van der Waals surface area contributed by atoms with Gasteiger partial charge in [0.15, 0.2) is 11.0 Å². The molecule has 86 valence electrons. The van der Waals surface area contributed by atoms with Gasteiger partial charge in [-0.1, -0.05) is 11.6 Å². The first kappa shape index (κ1) is 11.3. The highest BCUT2D eigenvalue weighted by atomic mass is 35.5. The number of carbonyl (C=O) groups excluding carboxylic acids is 1. The fourth-order valence-corrected chi connectivity index (χ4v) is 1.20. The molecule has 1 N–H and O–H groups in total. The zero-order valence-corrected chi connectivity index (χ0v) is 9.39. The van der Waals surface area contributed by atoms with E-state index in [1.165, 1.54) is 12.3 Å². The minimum Gasteiger partial charge on any atom is -0.465 e. The molecule has 2 heterocycles. The molecule has 0 saturated heterocycles. The van der Waals surface area contributed by atoms with Gasteiger partial charge in [0, 0.05) is 6.08 Å². The average Bonchev–Trinajstić information content (AvgIpc) is 2.83. The van der Waals surface area contributed by atoms with Crippen molar-refractivity contribution >= 4 is 29.4 Å². The zero-order valence-electron chi connectivity index (χ0n) is 8.63. The van der Waals surface area contributed by atoms with Crippen molar-refractivity contribution in [1.82, 2.24) is 10.2 Å². The molecule has 0 aromatic carbocycles. The number of carbonyl (C=O) groups is 1. The molecule has 2 aromatic heterocycles. The minimum absolute atomic E-state index is 0.272. The van der Waals surface area contributed by atoms with E-state index < -0.39 is 0 Å². The van der Waals surface area contributed by atoms with E-state index in [-0.39, 0.29) is 11.1 Å². The maximum absolute atomic E-state index is 11.5. The fourth-order valence-electron chi connectivity index (χ4n) is 1.09. The molecular formula is C11H8ClN3O2. The third-order valence-electron chi connectivity index (χ3n) is 1.83. The van der Waals surface area contributed by atoms with Gasteiger partial charge < -0.3 is 9.73 Å². The number of rotatable bonds is 3. The van der Waals surface area contributed by atoms with Gasteiger partial charge >= 0.3 is 0 Å². The number of anilines is 1. The SMILES string of the molecule is O=C(/C=C/c1ccco1)Nc1ccc(Cl)nn1. The molecule has 2 aromatic rings. The van der Waals surface area contributed by atoms with Crippen LogP contribution in [0.4, 0.5) is 5.82 Å². The van der Waals surface area contributed by atoms with Gasteiger partial charge in [0.05, 0.1) is 6.26 Å². The molecule has 0 bridgehead atoms. The number of nitrogens with zero attached hydrogens (tertiary/aromatic N) is 2. The van der Waals surface area contributed by atoms with E-state index in [9.17, 15) is 4.79 Å². The van der Waals surface area contributed by atoms with Crippen LogP contribution in [0.5, 0.6) is 0 Å². The topological polar surface area (TPSA) is 68.0 Å². The van der Waals surface area contributed by atoms with Crippen molar-refractivity contribution in [3.05, 3.63) is 47.5 Å². The van der Waals surface area contributed by atoms with Gasteiger partial charge in [-0.2, -0.15) is 0 Å². The maximum Gasteiger partial charge on any atom is 0.249 e. The Hall–Kier alpha value is -2.14. The van der Waals surface area contributed by atoms with Crippen LogP contribution in [0.15, 0.2) is 41.0 Å². The second-order valence-electron chi connectivity index (χ2n) is 3.08. The van der Waals surface area contributed by atoms with Gasteiger partial charge in [0.2, 0.25) is 5.91 Å². The molecule has 0 aliphatic heterocycles. The highest BCUT2D eigenvalue weighted by Crippen LogP contribution is 2.06. The largest absolute Gasteiger partial charge is 0.465 e. The summed E-state index contributed by atoms with van der Waals surface area (Å²) in [5.41, 5.74) is 0. The summed E-state index contributed by atoms with van der Waals surface area (Å²) in [5.74, 6) is 0.615. The van der Waals surface area contributed by atoms with Crippen LogP contribution in [-0.4, -0.2) is 16.1 Å². The van der Waals surface area contributed by atoms with Gasteiger partial charge in [-0.25, -0.2) is 0 Å². The van der Waals surface area contributed by atoms with Crippen LogP contribution < -0.4 is 5.32 Å². The summed E-state index contributed by atoms with van der Waals surface area (Å²) in [6.45, 7) is 0. The van der Waals surface area contributed by atoms with E-state index in [1.807, 2.05) is 0 Å². The van der Waals surface area contributed by atoms with Crippen LogP contribution in [0.3, 0.4) is 0 Å². The number of furan rings is 1. The van der Waals surface area contributed by atoms with Gasteiger partial charge in [0.1, 0.15) is 5.76 Å². The molecule has 6 heteroatoms. The molecular weight excluding hydrogens is 242 g/mol. The van der Waals surface area contributed by atoms with E-state index in [2.05, 4.69) is 15.5 Å². The van der Waals surface area contributed by atoms with Gasteiger partial charge in [-0.05, 0) is 30.3 Å². The fraction of sp³-hybridized carbons (Fsp3) is 0. The Labute approximate surface area is 102 Å². The molecule has 0 saturated carbocycles. The third kappa shape index (κ3) is 3.42. The molecule has 0 fully saturated rings. The molecule has 5 nitrogen and oxygen atoms in total. The molecule has 17 heavy (non-hydrogen) atoms. The van der Waals surface area contributed by atoms with Crippen molar-refractivity contribution in [3.8, 4) is 0 Å². The quantitative estimate of drug-likeness (QED) is 0.848. The second-order valence-corrected chi connectivity index (χ2v) is 3.47. The monoisotopic (exact) mass is 249 g/mol. The number of hydrogen-bond donors (Lipinski definition) is 1. The first-order valence-electron chi connectivity index (χ1n) is 4.76. The summed E-state index contributed by atoms with van der Waals surface area (Å²) >= 11 is 5.56. The summed E-state index contributed by atoms with van der Waals surface area (Å²) in [4.78, 5) is 11.5. The van der Waals surface area contributed by atoms with Crippen LogP contribution in [0.25, 0.3) is 6.08 Å². The lowest BCUT2D eigenvalue weighted by molar-refractivity contribution is -0.111. The Bertz CT molecular complexity index is 520. The molecule has 0 unspecified atom stereocenters. The Morgan fingerprint density at radius 1 is 1.35 bits per heavy atom. The Morgan fingerprint density at radius 2 is 2.24 bits per heavy atom. The molecule has 0 atom stereocenters. The van der Waals surface area contributed by atoms with E-state index in [0.29, 0.717) is 11.6 Å². The Kier molecular flexibility index (Phi) is 3.52. The summed E-state index contributed by atoms with van der Waals surface area (Å²) in [6.07, 6.45) is 4.43. The average molecular weight is 250 g/mol. The van der Waals surface area contributed by atoms with E-state index in [0.717, 1.165) is 0 Å². The Morgan fingerprint density at radius 3 is 2.88 bits per heavy atom. The maximum atomic E-state index is 11.5. The van der Waals surface area contributed by atoms with Gasteiger partial charge in [-0.15, -0.1) is 10.2 Å².